The predicted octanol–water partition coefficient (Wildman–Crippen LogP) is 2.09. The molecule has 2 aromatic carbocycles. The van der Waals surface area contributed by atoms with Gasteiger partial charge in [0.25, 0.3) is 0 Å². The van der Waals surface area contributed by atoms with E-state index in [0.717, 1.165) is 5.92 Å². The molecule has 3 rings (SSSR count). The topological polar surface area (TPSA) is 0 Å². The largest absolute Gasteiger partial charge is 1.00 e. The van der Waals surface area contributed by atoms with Crippen LogP contribution >= 0.6 is 0 Å². The van der Waals surface area contributed by atoms with Crippen molar-refractivity contribution in [1.82, 2.24) is 0 Å². The van der Waals surface area contributed by atoms with Gasteiger partial charge in [-0.05, 0) is 42.7 Å². The summed E-state index contributed by atoms with van der Waals surface area (Å²) in [6.07, 6.45) is 5.41. The zero-order valence-corrected chi connectivity index (χ0v) is 17.2. The second-order valence-corrected chi connectivity index (χ2v) is 7.78. The van der Waals surface area contributed by atoms with Gasteiger partial charge in [-0.3, -0.25) is 0 Å². The Labute approximate surface area is 164 Å². The Morgan fingerprint density at radius 1 is 0.833 bits per heavy atom. The lowest BCUT2D eigenvalue weighted by molar-refractivity contribution is -0.896. The highest BCUT2D eigenvalue weighted by atomic mass is 127. The molecule has 1 aliphatic heterocycles. The first kappa shape index (κ1) is 19.5. The van der Waals surface area contributed by atoms with Crippen molar-refractivity contribution >= 4 is 0 Å². The normalized spacial score (nSPS) is 17.5. The molecule has 1 aliphatic rings. The van der Waals surface area contributed by atoms with E-state index in [-0.39, 0.29) is 24.0 Å². The van der Waals surface area contributed by atoms with Crippen molar-refractivity contribution in [2.24, 2.45) is 5.92 Å². The molecule has 0 atom stereocenters. The molecule has 0 N–H and O–H groups in total. The fourth-order valence-corrected chi connectivity index (χ4v) is 3.91. The average Bonchev–Trinajstić information content (AvgIpc) is 2.58. The van der Waals surface area contributed by atoms with Crippen molar-refractivity contribution in [3.63, 3.8) is 0 Å². The van der Waals surface area contributed by atoms with E-state index in [1.54, 1.807) is 0 Å². The van der Waals surface area contributed by atoms with Crippen LogP contribution in [0.3, 0.4) is 0 Å². The van der Waals surface area contributed by atoms with E-state index in [0.29, 0.717) is 5.92 Å². The van der Waals surface area contributed by atoms with E-state index in [2.05, 4.69) is 74.8 Å². The van der Waals surface area contributed by atoms with Gasteiger partial charge in [0.05, 0.1) is 27.2 Å². The van der Waals surface area contributed by atoms with Crippen LogP contribution in [0.4, 0.5) is 0 Å². The summed E-state index contributed by atoms with van der Waals surface area (Å²) in [6, 6.07) is 22.1. The highest BCUT2D eigenvalue weighted by molar-refractivity contribution is 5.32. The maximum absolute atomic E-state index is 2.37. The Kier molecular flexibility index (Phi) is 7.30. The molecule has 1 nitrogen and oxygen atoms in total. The number of quaternary nitrogens is 1. The third-order valence-corrected chi connectivity index (χ3v) is 5.55. The number of benzene rings is 2. The molecule has 0 amide bonds. The van der Waals surface area contributed by atoms with Crippen molar-refractivity contribution in [2.45, 2.75) is 31.6 Å². The Hall–Kier alpha value is -0.870. The minimum Gasteiger partial charge on any atom is -1.00 e. The molecule has 1 heterocycles. The van der Waals surface area contributed by atoms with Crippen LogP contribution < -0.4 is 24.0 Å². The summed E-state index contributed by atoms with van der Waals surface area (Å²) in [5.74, 6) is 1.46. The Bertz CT molecular complexity index is 544. The number of piperidine rings is 1. The fourth-order valence-electron chi connectivity index (χ4n) is 3.91. The smallest absolute Gasteiger partial charge is 0.0785 e. The van der Waals surface area contributed by atoms with Crippen molar-refractivity contribution in [1.29, 1.82) is 0 Å². The molecule has 2 heteroatoms. The summed E-state index contributed by atoms with van der Waals surface area (Å²) >= 11 is 0. The third-order valence-electron chi connectivity index (χ3n) is 5.55. The van der Waals surface area contributed by atoms with Crippen molar-refractivity contribution in [3.8, 4) is 0 Å². The first-order valence-corrected chi connectivity index (χ1v) is 9.06. The van der Waals surface area contributed by atoms with Crippen LogP contribution in [0.5, 0.6) is 0 Å². The lowest BCUT2D eigenvalue weighted by atomic mass is 9.82. The maximum atomic E-state index is 2.37. The minimum atomic E-state index is 0. The molecule has 0 radical (unpaired) electrons. The maximum Gasteiger partial charge on any atom is 0.0785 e. The second kappa shape index (κ2) is 9.00. The molecule has 1 fully saturated rings. The van der Waals surface area contributed by atoms with Crippen molar-refractivity contribution in [3.05, 3.63) is 71.8 Å². The van der Waals surface area contributed by atoms with Crippen molar-refractivity contribution in [2.75, 3.05) is 27.2 Å². The van der Waals surface area contributed by atoms with Crippen LogP contribution in [0.2, 0.25) is 0 Å². The summed E-state index contributed by atoms with van der Waals surface area (Å²) < 4.78 is 1.21. The van der Waals surface area contributed by atoms with Gasteiger partial charge in [-0.15, -0.1) is 0 Å². The number of likely N-dealkylation sites (tertiary alicyclic amines) is 1. The first-order chi connectivity index (χ1) is 11.1. The van der Waals surface area contributed by atoms with E-state index >= 15 is 0 Å². The quantitative estimate of drug-likeness (QED) is 0.499. The summed E-state index contributed by atoms with van der Waals surface area (Å²) in [5, 5.41) is 0. The second-order valence-electron chi connectivity index (χ2n) is 7.78. The van der Waals surface area contributed by atoms with Gasteiger partial charge in [-0.2, -0.15) is 0 Å². The molecule has 24 heavy (non-hydrogen) atoms. The van der Waals surface area contributed by atoms with E-state index in [1.807, 2.05) is 0 Å². The van der Waals surface area contributed by atoms with E-state index < -0.39 is 0 Å². The first-order valence-electron chi connectivity index (χ1n) is 9.06. The number of halogens is 1. The average molecular weight is 435 g/mol. The van der Waals surface area contributed by atoms with Crippen LogP contribution in [0, 0.1) is 5.92 Å². The SMILES string of the molecule is C[N+]1(C)CCC(CCC(c2ccccc2)c2ccccc2)CC1.[I-]. The van der Waals surface area contributed by atoms with Gasteiger partial charge in [0, 0.05) is 5.92 Å². The standard InChI is InChI=1S/C22H30N.HI/c1-23(2)17-15-19(16-18-23)13-14-22(20-9-5-3-6-10-20)21-11-7-4-8-12-21;/h3-12,19,22H,13-18H2,1-2H3;1H/q+1;/p-1. The third kappa shape index (κ3) is 5.32. The van der Waals surface area contributed by atoms with Gasteiger partial charge in [-0.25, -0.2) is 0 Å². The summed E-state index contributed by atoms with van der Waals surface area (Å²) in [5.41, 5.74) is 2.93. The number of nitrogens with zero attached hydrogens (tertiary/aromatic N) is 1. The fraction of sp³-hybridized carbons (Fsp3) is 0.455. The van der Waals surface area contributed by atoms with E-state index in [4.69, 9.17) is 0 Å². The van der Waals surface area contributed by atoms with Gasteiger partial charge in [0.1, 0.15) is 0 Å². The Morgan fingerprint density at radius 2 is 1.29 bits per heavy atom. The zero-order chi connectivity index (χ0) is 16.1. The Balaban J connectivity index is 0.00000208. The molecular formula is C22H30IN. The molecule has 0 unspecified atom stereocenters. The van der Waals surface area contributed by atoms with Gasteiger partial charge < -0.3 is 28.5 Å². The van der Waals surface area contributed by atoms with Crippen molar-refractivity contribution < 1.29 is 28.5 Å². The molecule has 2 aromatic rings. The lowest BCUT2D eigenvalue weighted by Crippen LogP contribution is -3.00. The minimum absolute atomic E-state index is 0. The van der Waals surface area contributed by atoms with Crippen LogP contribution in [-0.2, 0) is 0 Å². The molecule has 0 aromatic heterocycles. The van der Waals surface area contributed by atoms with Gasteiger partial charge in [0.15, 0.2) is 0 Å². The monoisotopic (exact) mass is 435 g/mol. The summed E-state index contributed by atoms with van der Waals surface area (Å²) in [6.45, 7) is 2.68. The molecule has 1 saturated heterocycles. The number of hydrogen-bond acceptors (Lipinski definition) is 0. The highest BCUT2D eigenvalue weighted by Crippen LogP contribution is 2.33. The van der Waals surface area contributed by atoms with Crippen LogP contribution in [-0.4, -0.2) is 31.7 Å². The number of rotatable bonds is 5. The summed E-state index contributed by atoms with van der Waals surface area (Å²) in [7, 11) is 4.74. The molecule has 130 valence electrons. The molecule has 0 spiro atoms. The van der Waals surface area contributed by atoms with E-state index in [9.17, 15) is 0 Å². The highest BCUT2D eigenvalue weighted by Gasteiger charge is 2.26. The molecule has 0 aliphatic carbocycles. The van der Waals surface area contributed by atoms with Gasteiger partial charge in [0.2, 0.25) is 0 Å². The Morgan fingerprint density at radius 3 is 1.75 bits per heavy atom. The number of hydrogen-bond donors (Lipinski definition) is 0. The predicted molar refractivity (Wildman–Crippen MR) is 98.5 cm³/mol. The lowest BCUT2D eigenvalue weighted by Gasteiger charge is -2.37. The summed E-state index contributed by atoms with van der Waals surface area (Å²) in [4.78, 5) is 0. The molecular weight excluding hydrogens is 405 g/mol. The van der Waals surface area contributed by atoms with Crippen LogP contribution in [0.25, 0.3) is 0 Å². The molecule has 0 saturated carbocycles. The van der Waals surface area contributed by atoms with Gasteiger partial charge >= 0.3 is 0 Å². The zero-order valence-electron chi connectivity index (χ0n) is 15.0. The van der Waals surface area contributed by atoms with E-state index in [1.165, 1.54) is 54.4 Å². The van der Waals surface area contributed by atoms with Crippen LogP contribution in [0.15, 0.2) is 60.7 Å². The molecule has 0 bridgehead atoms. The van der Waals surface area contributed by atoms with Crippen LogP contribution in [0.1, 0.15) is 42.7 Å². The van der Waals surface area contributed by atoms with Gasteiger partial charge in [-0.1, -0.05) is 60.7 Å².